The summed E-state index contributed by atoms with van der Waals surface area (Å²) in [6.07, 6.45) is -0.140. The lowest BCUT2D eigenvalue weighted by Gasteiger charge is -2.33. The molecule has 0 aliphatic rings. The SMILES string of the molecule is CCCNCC(C)(CC)CN(C)CC(F)F. The Morgan fingerprint density at radius 1 is 1.31 bits per heavy atom. The van der Waals surface area contributed by atoms with Gasteiger partial charge in [0.25, 0.3) is 6.43 Å². The summed E-state index contributed by atoms with van der Waals surface area (Å²) >= 11 is 0. The number of hydrogen-bond donors (Lipinski definition) is 1. The van der Waals surface area contributed by atoms with E-state index in [1.165, 1.54) is 0 Å². The maximum Gasteiger partial charge on any atom is 0.251 e. The van der Waals surface area contributed by atoms with Gasteiger partial charge in [0.2, 0.25) is 0 Å². The van der Waals surface area contributed by atoms with Gasteiger partial charge in [-0.1, -0.05) is 20.8 Å². The van der Waals surface area contributed by atoms with Crippen molar-refractivity contribution < 1.29 is 8.78 Å². The van der Waals surface area contributed by atoms with E-state index in [1.54, 1.807) is 11.9 Å². The van der Waals surface area contributed by atoms with Gasteiger partial charge in [-0.3, -0.25) is 0 Å². The van der Waals surface area contributed by atoms with Crippen molar-refractivity contribution in [3.63, 3.8) is 0 Å². The van der Waals surface area contributed by atoms with E-state index in [0.717, 1.165) is 25.9 Å². The van der Waals surface area contributed by atoms with Gasteiger partial charge >= 0.3 is 0 Å². The quantitative estimate of drug-likeness (QED) is 0.619. The second-order valence-electron chi connectivity index (χ2n) is 4.93. The molecule has 4 heteroatoms. The first-order valence-corrected chi connectivity index (χ1v) is 6.11. The van der Waals surface area contributed by atoms with E-state index < -0.39 is 6.43 Å². The van der Waals surface area contributed by atoms with Crippen LogP contribution in [-0.2, 0) is 0 Å². The zero-order valence-electron chi connectivity index (χ0n) is 11.0. The molecule has 0 heterocycles. The van der Waals surface area contributed by atoms with Gasteiger partial charge in [0, 0.05) is 13.1 Å². The van der Waals surface area contributed by atoms with Gasteiger partial charge in [-0.25, -0.2) is 8.78 Å². The van der Waals surface area contributed by atoms with Crippen LogP contribution >= 0.6 is 0 Å². The van der Waals surface area contributed by atoms with Crippen molar-refractivity contribution in [3.8, 4) is 0 Å². The first kappa shape index (κ1) is 15.8. The van der Waals surface area contributed by atoms with Crippen molar-refractivity contribution in [3.05, 3.63) is 0 Å². The second-order valence-corrected chi connectivity index (χ2v) is 4.93. The van der Waals surface area contributed by atoms with E-state index in [-0.39, 0.29) is 12.0 Å². The largest absolute Gasteiger partial charge is 0.316 e. The van der Waals surface area contributed by atoms with E-state index in [9.17, 15) is 8.78 Å². The molecule has 0 aromatic rings. The molecule has 2 nitrogen and oxygen atoms in total. The Morgan fingerprint density at radius 2 is 1.94 bits per heavy atom. The topological polar surface area (TPSA) is 15.3 Å². The number of alkyl halides is 2. The number of nitrogens with zero attached hydrogens (tertiary/aromatic N) is 1. The van der Waals surface area contributed by atoms with Crippen molar-refractivity contribution >= 4 is 0 Å². The molecule has 0 saturated heterocycles. The summed E-state index contributed by atoms with van der Waals surface area (Å²) in [5.74, 6) is 0. The van der Waals surface area contributed by atoms with Crippen molar-refractivity contribution in [2.24, 2.45) is 5.41 Å². The molecule has 16 heavy (non-hydrogen) atoms. The van der Waals surface area contributed by atoms with Gasteiger partial charge in [0.15, 0.2) is 0 Å². The van der Waals surface area contributed by atoms with Gasteiger partial charge in [-0.15, -0.1) is 0 Å². The fourth-order valence-corrected chi connectivity index (χ4v) is 1.81. The summed E-state index contributed by atoms with van der Waals surface area (Å²) < 4.78 is 24.4. The number of nitrogens with one attached hydrogen (secondary N) is 1. The molecule has 1 atom stereocenters. The smallest absolute Gasteiger partial charge is 0.251 e. The monoisotopic (exact) mass is 236 g/mol. The first-order chi connectivity index (χ1) is 7.43. The molecule has 1 unspecified atom stereocenters. The van der Waals surface area contributed by atoms with Crippen molar-refractivity contribution in [2.45, 2.75) is 40.0 Å². The minimum Gasteiger partial charge on any atom is -0.316 e. The summed E-state index contributed by atoms with van der Waals surface area (Å²) in [5.41, 5.74) is 0.0822. The molecule has 0 saturated carbocycles. The Labute approximate surface area is 98.4 Å². The van der Waals surface area contributed by atoms with Crippen LogP contribution in [0.5, 0.6) is 0 Å². The summed E-state index contributed by atoms with van der Waals surface area (Å²) in [5, 5.41) is 3.37. The third-order valence-corrected chi connectivity index (χ3v) is 2.93. The highest BCUT2D eigenvalue weighted by atomic mass is 19.3. The fraction of sp³-hybridized carbons (Fsp3) is 1.00. The molecular formula is C12H26F2N2. The van der Waals surface area contributed by atoms with Gasteiger partial charge in [0.1, 0.15) is 0 Å². The van der Waals surface area contributed by atoms with Crippen LogP contribution in [-0.4, -0.2) is 44.6 Å². The van der Waals surface area contributed by atoms with Gasteiger partial charge in [0.05, 0.1) is 6.54 Å². The molecule has 0 fully saturated rings. The van der Waals surface area contributed by atoms with Crippen molar-refractivity contribution in [1.29, 1.82) is 0 Å². The maximum atomic E-state index is 12.2. The Balaban J connectivity index is 4.03. The lowest BCUT2D eigenvalue weighted by Crippen LogP contribution is -2.42. The molecule has 98 valence electrons. The summed E-state index contributed by atoms with van der Waals surface area (Å²) in [7, 11) is 1.76. The average molecular weight is 236 g/mol. The second kappa shape index (κ2) is 7.96. The average Bonchev–Trinajstić information content (AvgIpc) is 2.16. The molecule has 0 aromatic heterocycles. The maximum absolute atomic E-state index is 12.2. The van der Waals surface area contributed by atoms with Crippen LogP contribution in [0.4, 0.5) is 8.78 Å². The summed E-state index contributed by atoms with van der Waals surface area (Å²) in [6, 6.07) is 0. The standard InChI is InChI=1S/C12H26F2N2/c1-5-7-15-9-12(3,6-2)10-16(4)8-11(13)14/h11,15H,5-10H2,1-4H3. The van der Waals surface area contributed by atoms with Crippen LogP contribution in [0.15, 0.2) is 0 Å². The molecule has 0 aromatic carbocycles. The van der Waals surface area contributed by atoms with E-state index in [4.69, 9.17) is 0 Å². The Kier molecular flexibility index (Phi) is 7.85. The predicted octanol–water partition coefficient (Wildman–Crippen LogP) is 2.60. The van der Waals surface area contributed by atoms with Gasteiger partial charge in [-0.05, 0) is 31.8 Å². The minimum atomic E-state index is -2.24. The summed E-state index contributed by atoms with van der Waals surface area (Å²) in [4.78, 5) is 1.72. The van der Waals surface area contributed by atoms with Crippen LogP contribution in [0.1, 0.15) is 33.6 Å². The molecule has 0 spiro atoms. The van der Waals surface area contributed by atoms with E-state index in [2.05, 4.69) is 26.1 Å². The minimum absolute atomic E-state index is 0.0822. The van der Waals surface area contributed by atoms with Crippen LogP contribution in [0.25, 0.3) is 0 Å². The first-order valence-electron chi connectivity index (χ1n) is 6.11. The highest BCUT2D eigenvalue weighted by Gasteiger charge is 2.24. The molecule has 1 N–H and O–H groups in total. The number of rotatable bonds is 9. The zero-order chi connectivity index (χ0) is 12.6. The molecule has 0 amide bonds. The van der Waals surface area contributed by atoms with Gasteiger partial charge < -0.3 is 10.2 Å². The van der Waals surface area contributed by atoms with E-state index in [1.807, 2.05) is 0 Å². The Hall–Kier alpha value is -0.220. The molecule has 0 rings (SSSR count). The fourth-order valence-electron chi connectivity index (χ4n) is 1.81. The van der Waals surface area contributed by atoms with Crippen LogP contribution < -0.4 is 5.32 Å². The van der Waals surface area contributed by atoms with Crippen LogP contribution in [0.3, 0.4) is 0 Å². The molecular weight excluding hydrogens is 210 g/mol. The Morgan fingerprint density at radius 3 is 2.38 bits per heavy atom. The van der Waals surface area contributed by atoms with Gasteiger partial charge in [-0.2, -0.15) is 0 Å². The molecule has 0 aliphatic heterocycles. The molecule has 0 aliphatic carbocycles. The zero-order valence-corrected chi connectivity index (χ0v) is 11.0. The molecule has 0 bridgehead atoms. The normalized spacial score (nSPS) is 15.8. The lowest BCUT2D eigenvalue weighted by molar-refractivity contribution is 0.0774. The summed E-state index contributed by atoms with van der Waals surface area (Å²) in [6.45, 7) is 8.85. The third-order valence-electron chi connectivity index (χ3n) is 2.93. The predicted molar refractivity (Wildman–Crippen MR) is 65.1 cm³/mol. The highest BCUT2D eigenvalue weighted by molar-refractivity contribution is 4.78. The van der Waals surface area contributed by atoms with E-state index >= 15 is 0 Å². The van der Waals surface area contributed by atoms with Crippen LogP contribution in [0, 0.1) is 5.41 Å². The lowest BCUT2D eigenvalue weighted by atomic mass is 9.87. The highest BCUT2D eigenvalue weighted by Crippen LogP contribution is 2.21. The van der Waals surface area contributed by atoms with Crippen LogP contribution in [0.2, 0.25) is 0 Å². The Bertz CT molecular complexity index is 176. The van der Waals surface area contributed by atoms with Crippen molar-refractivity contribution in [1.82, 2.24) is 10.2 Å². The van der Waals surface area contributed by atoms with Crippen molar-refractivity contribution in [2.75, 3.05) is 33.2 Å². The third kappa shape index (κ3) is 7.12. The van der Waals surface area contributed by atoms with E-state index in [0.29, 0.717) is 6.54 Å². The number of hydrogen-bond acceptors (Lipinski definition) is 2. The molecule has 0 radical (unpaired) electrons. The number of halogens is 2.